The van der Waals surface area contributed by atoms with E-state index in [9.17, 15) is 9.59 Å². The molecule has 0 spiro atoms. The summed E-state index contributed by atoms with van der Waals surface area (Å²) in [6.07, 6.45) is 4.45. The van der Waals surface area contributed by atoms with E-state index in [0.717, 1.165) is 19.3 Å². The van der Waals surface area contributed by atoms with E-state index in [2.05, 4.69) is 15.6 Å². The van der Waals surface area contributed by atoms with Crippen molar-refractivity contribution in [3.8, 4) is 0 Å². The van der Waals surface area contributed by atoms with Crippen LogP contribution < -0.4 is 11.1 Å². The van der Waals surface area contributed by atoms with Crippen molar-refractivity contribution >= 4 is 17.6 Å². The summed E-state index contributed by atoms with van der Waals surface area (Å²) in [5.74, 6) is -0.0708. The van der Waals surface area contributed by atoms with Gasteiger partial charge in [-0.25, -0.2) is 4.68 Å². The fraction of sp³-hybridized carbons (Fsp3) is 0.556. The fourth-order valence-electron chi connectivity index (χ4n) is 1.49. The molecule has 1 fully saturated rings. The van der Waals surface area contributed by atoms with Crippen molar-refractivity contribution in [1.29, 1.82) is 0 Å². The highest BCUT2D eigenvalue weighted by Crippen LogP contribution is 2.27. The molecule has 0 bridgehead atoms. The molecule has 0 aliphatic heterocycles. The SMILES string of the molecule is NC(=O)Cn1cc(NC(=O)C2CCC2)nn1. The Balaban J connectivity index is 1.91. The standard InChI is InChI=1S/C9H13N5O2/c10-7(15)4-14-5-8(12-13-14)11-9(16)6-2-1-3-6/h5-6H,1-4H2,(H2,10,15)(H,11,16). The molecule has 3 N–H and O–H groups in total. The van der Waals surface area contributed by atoms with Gasteiger partial charge in [0.1, 0.15) is 6.54 Å². The van der Waals surface area contributed by atoms with Crippen molar-refractivity contribution in [2.24, 2.45) is 11.7 Å². The van der Waals surface area contributed by atoms with Crippen LogP contribution in [0.1, 0.15) is 19.3 Å². The molecule has 0 unspecified atom stereocenters. The first-order valence-electron chi connectivity index (χ1n) is 5.14. The minimum atomic E-state index is -0.498. The zero-order chi connectivity index (χ0) is 11.5. The van der Waals surface area contributed by atoms with Gasteiger partial charge in [0.2, 0.25) is 11.8 Å². The smallest absolute Gasteiger partial charge is 0.239 e. The Morgan fingerprint density at radius 3 is 2.88 bits per heavy atom. The topological polar surface area (TPSA) is 103 Å². The van der Waals surface area contributed by atoms with Crippen LogP contribution in [-0.4, -0.2) is 26.8 Å². The predicted octanol–water partition coefficient (Wildman–Crippen LogP) is -0.498. The maximum atomic E-state index is 11.5. The van der Waals surface area contributed by atoms with Crippen molar-refractivity contribution in [3.63, 3.8) is 0 Å². The van der Waals surface area contributed by atoms with E-state index in [-0.39, 0.29) is 18.4 Å². The number of anilines is 1. The van der Waals surface area contributed by atoms with Crippen molar-refractivity contribution in [2.45, 2.75) is 25.8 Å². The molecule has 86 valence electrons. The third kappa shape index (κ3) is 2.36. The lowest BCUT2D eigenvalue weighted by atomic mass is 9.85. The van der Waals surface area contributed by atoms with E-state index in [1.54, 1.807) is 0 Å². The Labute approximate surface area is 92.0 Å². The first-order chi connectivity index (χ1) is 7.65. The Hall–Kier alpha value is -1.92. The summed E-state index contributed by atoms with van der Waals surface area (Å²) >= 11 is 0. The molecule has 2 amide bonds. The van der Waals surface area contributed by atoms with E-state index >= 15 is 0 Å². The average Bonchev–Trinajstić information content (AvgIpc) is 2.47. The van der Waals surface area contributed by atoms with Crippen LogP contribution in [0.2, 0.25) is 0 Å². The van der Waals surface area contributed by atoms with Gasteiger partial charge in [0, 0.05) is 5.92 Å². The van der Waals surface area contributed by atoms with Gasteiger partial charge < -0.3 is 11.1 Å². The number of nitrogens with one attached hydrogen (secondary N) is 1. The summed E-state index contributed by atoms with van der Waals surface area (Å²) in [6.45, 7) is -0.0354. The van der Waals surface area contributed by atoms with Gasteiger partial charge in [0.15, 0.2) is 5.82 Å². The average molecular weight is 223 g/mol. The molecule has 1 aliphatic rings. The number of aromatic nitrogens is 3. The highest BCUT2D eigenvalue weighted by atomic mass is 16.2. The van der Waals surface area contributed by atoms with Gasteiger partial charge in [0.05, 0.1) is 6.20 Å². The second-order valence-corrected chi connectivity index (χ2v) is 3.88. The van der Waals surface area contributed by atoms with Crippen molar-refractivity contribution in [3.05, 3.63) is 6.20 Å². The van der Waals surface area contributed by atoms with E-state index in [4.69, 9.17) is 5.73 Å². The second-order valence-electron chi connectivity index (χ2n) is 3.88. The summed E-state index contributed by atoms with van der Waals surface area (Å²) in [7, 11) is 0. The number of rotatable bonds is 4. The zero-order valence-electron chi connectivity index (χ0n) is 8.72. The lowest BCUT2D eigenvalue weighted by Gasteiger charge is -2.23. The molecule has 1 saturated carbocycles. The molecule has 16 heavy (non-hydrogen) atoms. The number of amides is 2. The molecule has 0 aromatic carbocycles. The van der Waals surface area contributed by atoms with Crippen LogP contribution in [0.15, 0.2) is 6.20 Å². The number of hydrogen-bond acceptors (Lipinski definition) is 4. The molecule has 7 nitrogen and oxygen atoms in total. The van der Waals surface area contributed by atoms with Crippen LogP contribution in [-0.2, 0) is 16.1 Å². The van der Waals surface area contributed by atoms with Crippen LogP contribution in [0.4, 0.5) is 5.82 Å². The highest BCUT2D eigenvalue weighted by molar-refractivity contribution is 5.92. The minimum absolute atomic E-state index is 0.0302. The lowest BCUT2D eigenvalue weighted by molar-refractivity contribution is -0.122. The van der Waals surface area contributed by atoms with Crippen LogP contribution in [0.3, 0.4) is 0 Å². The van der Waals surface area contributed by atoms with E-state index in [1.165, 1.54) is 10.9 Å². The second kappa shape index (κ2) is 4.30. The number of nitrogens with zero attached hydrogens (tertiary/aromatic N) is 3. The summed E-state index contributed by atoms with van der Waals surface area (Å²) in [4.78, 5) is 22.2. The molecule has 0 saturated heterocycles. The molecular weight excluding hydrogens is 210 g/mol. The number of carbonyl (C=O) groups excluding carboxylic acids is 2. The predicted molar refractivity (Wildman–Crippen MR) is 55.2 cm³/mol. The van der Waals surface area contributed by atoms with Gasteiger partial charge in [-0.2, -0.15) is 0 Å². The van der Waals surface area contributed by atoms with Crippen molar-refractivity contribution < 1.29 is 9.59 Å². The molecule has 1 aromatic rings. The maximum Gasteiger partial charge on any atom is 0.239 e. The third-order valence-corrected chi connectivity index (χ3v) is 2.58. The van der Waals surface area contributed by atoms with E-state index < -0.39 is 5.91 Å². The van der Waals surface area contributed by atoms with Crippen LogP contribution in [0.25, 0.3) is 0 Å². The van der Waals surface area contributed by atoms with Crippen LogP contribution in [0.5, 0.6) is 0 Å². The number of nitrogens with two attached hydrogens (primary N) is 1. The summed E-state index contributed by atoms with van der Waals surface area (Å²) in [5.41, 5.74) is 5.00. The van der Waals surface area contributed by atoms with Gasteiger partial charge in [-0.1, -0.05) is 11.6 Å². The molecule has 1 aliphatic carbocycles. The molecule has 1 heterocycles. The molecular formula is C9H13N5O2. The summed E-state index contributed by atoms with van der Waals surface area (Å²) < 4.78 is 1.29. The van der Waals surface area contributed by atoms with Gasteiger partial charge in [-0.15, -0.1) is 5.10 Å². The molecule has 7 heteroatoms. The van der Waals surface area contributed by atoms with Crippen molar-refractivity contribution in [2.75, 3.05) is 5.32 Å². The van der Waals surface area contributed by atoms with Crippen LogP contribution in [0, 0.1) is 5.92 Å². The fourth-order valence-corrected chi connectivity index (χ4v) is 1.49. The summed E-state index contributed by atoms with van der Waals surface area (Å²) in [6, 6.07) is 0. The number of primary amides is 1. The zero-order valence-corrected chi connectivity index (χ0v) is 8.72. The minimum Gasteiger partial charge on any atom is -0.368 e. The highest BCUT2D eigenvalue weighted by Gasteiger charge is 2.25. The van der Waals surface area contributed by atoms with Gasteiger partial charge in [-0.05, 0) is 12.8 Å². The summed E-state index contributed by atoms with van der Waals surface area (Å²) in [5, 5.41) is 10.0. The maximum absolute atomic E-state index is 11.5. The van der Waals surface area contributed by atoms with Crippen LogP contribution >= 0.6 is 0 Å². The molecule has 2 rings (SSSR count). The monoisotopic (exact) mass is 223 g/mol. The Morgan fingerprint density at radius 1 is 1.56 bits per heavy atom. The van der Waals surface area contributed by atoms with Gasteiger partial charge in [-0.3, -0.25) is 9.59 Å². The molecule has 0 atom stereocenters. The van der Waals surface area contributed by atoms with Gasteiger partial charge >= 0.3 is 0 Å². The molecule has 1 aromatic heterocycles. The largest absolute Gasteiger partial charge is 0.368 e. The van der Waals surface area contributed by atoms with Crippen molar-refractivity contribution in [1.82, 2.24) is 15.0 Å². The molecule has 0 radical (unpaired) electrons. The van der Waals surface area contributed by atoms with E-state index in [0.29, 0.717) is 5.82 Å². The quantitative estimate of drug-likeness (QED) is 0.718. The normalized spacial score (nSPS) is 15.5. The number of carbonyl (C=O) groups is 2. The van der Waals surface area contributed by atoms with E-state index in [1.807, 2.05) is 0 Å². The first-order valence-corrected chi connectivity index (χ1v) is 5.14. The first kappa shape index (κ1) is 10.6. The third-order valence-electron chi connectivity index (χ3n) is 2.58. The lowest BCUT2D eigenvalue weighted by Crippen LogP contribution is -2.28. The Bertz CT molecular complexity index is 410. The number of hydrogen-bond donors (Lipinski definition) is 2. The Morgan fingerprint density at radius 2 is 2.31 bits per heavy atom. The Kier molecular flexibility index (Phi) is 2.84. The van der Waals surface area contributed by atoms with Gasteiger partial charge in [0.25, 0.3) is 0 Å².